The molecule has 0 spiro atoms. The summed E-state index contributed by atoms with van der Waals surface area (Å²) in [6, 6.07) is 7.68. The second-order valence-electron chi connectivity index (χ2n) is 7.93. The molecule has 5 rings (SSSR count). The Balaban J connectivity index is 1.71. The maximum atomic E-state index is 12.2. The van der Waals surface area contributed by atoms with Gasteiger partial charge in [0.05, 0.1) is 30.5 Å². The Bertz CT molecular complexity index is 1190. The van der Waals surface area contributed by atoms with E-state index in [1.165, 1.54) is 10.5 Å². The maximum Gasteiger partial charge on any atom is 0.230 e. The molecule has 3 heterocycles. The number of aliphatic hydroxyl groups excluding tert-OH is 1. The summed E-state index contributed by atoms with van der Waals surface area (Å²) in [5, 5.41) is 11.6. The molecule has 0 radical (unpaired) electrons. The van der Waals surface area contributed by atoms with Crippen LogP contribution >= 0.6 is 22.9 Å². The number of hydrogen-bond acceptors (Lipinski definition) is 6. The summed E-state index contributed by atoms with van der Waals surface area (Å²) in [5.74, 6) is 0.360. The zero-order chi connectivity index (χ0) is 21.7. The molecule has 1 unspecified atom stereocenters. The zero-order valence-electron chi connectivity index (χ0n) is 17.0. The molecule has 6 nitrogen and oxygen atoms in total. The highest BCUT2D eigenvalue weighted by molar-refractivity contribution is 7.19. The summed E-state index contributed by atoms with van der Waals surface area (Å²) in [4.78, 5) is 32.3. The van der Waals surface area contributed by atoms with Crippen molar-refractivity contribution in [2.24, 2.45) is 0 Å². The van der Waals surface area contributed by atoms with E-state index in [1.807, 2.05) is 24.3 Å². The monoisotopic (exact) mass is 456 g/mol. The van der Waals surface area contributed by atoms with Crippen LogP contribution in [0.15, 0.2) is 24.3 Å². The van der Waals surface area contributed by atoms with Gasteiger partial charge in [-0.3, -0.25) is 14.5 Å². The number of pyridine rings is 1. The van der Waals surface area contributed by atoms with Crippen molar-refractivity contribution in [3.8, 4) is 16.9 Å². The van der Waals surface area contributed by atoms with Crippen LogP contribution in [0.5, 0.6) is 5.75 Å². The van der Waals surface area contributed by atoms with Crippen molar-refractivity contribution in [1.82, 2.24) is 9.88 Å². The van der Waals surface area contributed by atoms with E-state index in [-0.39, 0.29) is 37.3 Å². The SMILES string of the molecule is COc1ccc(-c2c(Cl)c(CN3C(=O)CCC3=O)nc3sc4c(c23)CCC(O)C4)cc1. The topological polar surface area (TPSA) is 79.7 Å². The average Bonchev–Trinajstić information content (AvgIpc) is 3.28. The lowest BCUT2D eigenvalue weighted by molar-refractivity contribution is -0.139. The fourth-order valence-electron chi connectivity index (χ4n) is 4.40. The van der Waals surface area contributed by atoms with Gasteiger partial charge in [0.2, 0.25) is 11.8 Å². The zero-order valence-corrected chi connectivity index (χ0v) is 18.6. The molecular formula is C23H21ClN2O4S. The second kappa shape index (κ2) is 7.89. The van der Waals surface area contributed by atoms with Crippen molar-refractivity contribution in [3.05, 3.63) is 45.4 Å². The van der Waals surface area contributed by atoms with E-state index in [0.717, 1.165) is 38.4 Å². The molecule has 1 saturated heterocycles. The summed E-state index contributed by atoms with van der Waals surface area (Å²) >= 11 is 8.47. The van der Waals surface area contributed by atoms with Gasteiger partial charge >= 0.3 is 0 Å². The number of nitrogens with zero attached hydrogens (tertiary/aromatic N) is 2. The van der Waals surface area contributed by atoms with Gasteiger partial charge in [-0.25, -0.2) is 4.98 Å². The van der Waals surface area contributed by atoms with Gasteiger partial charge in [0.25, 0.3) is 0 Å². The van der Waals surface area contributed by atoms with Crippen molar-refractivity contribution in [3.63, 3.8) is 0 Å². The van der Waals surface area contributed by atoms with Crippen LogP contribution in [0.1, 0.15) is 35.4 Å². The number of carbonyl (C=O) groups excluding carboxylic acids is 2. The van der Waals surface area contributed by atoms with Gasteiger partial charge < -0.3 is 9.84 Å². The highest BCUT2D eigenvalue weighted by atomic mass is 35.5. The minimum atomic E-state index is -0.347. The third-order valence-electron chi connectivity index (χ3n) is 6.02. The number of methoxy groups -OCH3 is 1. The van der Waals surface area contributed by atoms with Crippen molar-refractivity contribution in [2.75, 3.05) is 7.11 Å². The standard InChI is InChI=1S/C23H21ClN2O4S/c1-30-14-5-2-12(3-6-14)20-21-15-7-4-13(27)10-17(15)31-23(21)25-16(22(20)24)11-26-18(28)8-9-19(26)29/h2-3,5-6,13,27H,4,7-11H2,1H3. The van der Waals surface area contributed by atoms with Crippen LogP contribution in [-0.2, 0) is 29.0 Å². The number of imide groups is 1. The largest absolute Gasteiger partial charge is 0.497 e. The minimum Gasteiger partial charge on any atom is -0.497 e. The smallest absolute Gasteiger partial charge is 0.230 e. The fourth-order valence-corrected chi connectivity index (χ4v) is 6.02. The van der Waals surface area contributed by atoms with E-state index in [0.29, 0.717) is 23.6 Å². The summed E-state index contributed by atoms with van der Waals surface area (Å²) in [5.41, 5.74) is 3.48. The van der Waals surface area contributed by atoms with Crippen LogP contribution in [-0.4, -0.2) is 40.0 Å². The Morgan fingerprint density at radius 1 is 1.19 bits per heavy atom. The molecule has 160 valence electrons. The normalized spacial score (nSPS) is 18.7. The summed E-state index contributed by atoms with van der Waals surface area (Å²) < 4.78 is 5.29. The number of aromatic nitrogens is 1. The summed E-state index contributed by atoms with van der Waals surface area (Å²) in [6.07, 6.45) is 2.19. The molecule has 1 N–H and O–H groups in total. The fraction of sp³-hybridized carbons (Fsp3) is 0.348. The van der Waals surface area contributed by atoms with Gasteiger partial charge in [0.15, 0.2) is 0 Å². The van der Waals surface area contributed by atoms with E-state index >= 15 is 0 Å². The number of aliphatic hydroxyl groups is 1. The molecule has 0 bridgehead atoms. The Labute approximate surface area is 188 Å². The number of halogens is 1. The quantitative estimate of drug-likeness (QED) is 0.597. The number of thiophene rings is 1. The molecule has 8 heteroatoms. The number of amides is 2. The predicted octanol–water partition coefficient (Wildman–Crippen LogP) is 4.12. The Kier molecular flexibility index (Phi) is 5.20. The van der Waals surface area contributed by atoms with Gasteiger partial charge in [0.1, 0.15) is 10.6 Å². The first-order valence-corrected chi connectivity index (χ1v) is 11.4. The van der Waals surface area contributed by atoms with E-state index < -0.39 is 0 Å². The molecule has 0 saturated carbocycles. The highest BCUT2D eigenvalue weighted by Gasteiger charge is 2.32. The molecule has 1 aliphatic heterocycles. The number of fused-ring (bicyclic) bond motifs is 3. The number of carbonyl (C=O) groups is 2. The lowest BCUT2D eigenvalue weighted by Gasteiger charge is -2.19. The Morgan fingerprint density at radius 2 is 1.90 bits per heavy atom. The summed E-state index contributed by atoms with van der Waals surface area (Å²) in [6.45, 7) is 0.0702. The third-order valence-corrected chi connectivity index (χ3v) is 7.58. The van der Waals surface area contributed by atoms with Crippen LogP contribution < -0.4 is 4.74 Å². The second-order valence-corrected chi connectivity index (χ2v) is 9.39. The molecule has 2 amide bonds. The summed E-state index contributed by atoms with van der Waals surface area (Å²) in [7, 11) is 1.62. The van der Waals surface area contributed by atoms with Gasteiger partial charge in [-0.15, -0.1) is 11.3 Å². The van der Waals surface area contributed by atoms with Crippen molar-refractivity contribution < 1.29 is 19.4 Å². The molecule has 1 aromatic carbocycles. The van der Waals surface area contributed by atoms with E-state index in [4.69, 9.17) is 21.3 Å². The average molecular weight is 457 g/mol. The van der Waals surface area contributed by atoms with Crippen LogP contribution in [0.4, 0.5) is 0 Å². The number of aryl methyl sites for hydroxylation is 1. The van der Waals surface area contributed by atoms with Crippen molar-refractivity contribution >= 4 is 45.0 Å². The number of hydrogen-bond donors (Lipinski definition) is 1. The minimum absolute atomic E-state index is 0.0702. The van der Waals surface area contributed by atoms with Gasteiger partial charge in [-0.1, -0.05) is 23.7 Å². The third kappa shape index (κ3) is 3.50. The number of ether oxygens (including phenoxy) is 1. The first-order valence-electron chi connectivity index (χ1n) is 10.2. The predicted molar refractivity (Wildman–Crippen MR) is 119 cm³/mol. The van der Waals surface area contributed by atoms with Crippen molar-refractivity contribution in [2.45, 2.75) is 44.8 Å². The molecule has 2 aromatic heterocycles. The van der Waals surface area contributed by atoms with E-state index in [9.17, 15) is 14.7 Å². The molecule has 3 aromatic rings. The number of likely N-dealkylation sites (tertiary alicyclic amines) is 1. The molecule has 1 aliphatic carbocycles. The van der Waals surface area contributed by atoms with Gasteiger partial charge in [0, 0.05) is 35.1 Å². The lowest BCUT2D eigenvalue weighted by Crippen LogP contribution is -2.29. The van der Waals surface area contributed by atoms with Gasteiger partial charge in [-0.2, -0.15) is 0 Å². The molecule has 31 heavy (non-hydrogen) atoms. The van der Waals surface area contributed by atoms with Crippen molar-refractivity contribution in [1.29, 1.82) is 0 Å². The first-order chi connectivity index (χ1) is 15.0. The van der Waals surface area contributed by atoms with Gasteiger partial charge in [-0.05, 0) is 36.1 Å². The molecule has 2 aliphatic rings. The number of rotatable bonds is 4. The number of benzene rings is 1. The van der Waals surface area contributed by atoms with Crippen LogP contribution in [0.25, 0.3) is 21.3 Å². The molecular weight excluding hydrogens is 436 g/mol. The van der Waals surface area contributed by atoms with Crippen LogP contribution in [0, 0.1) is 0 Å². The maximum absolute atomic E-state index is 12.2. The Hall–Kier alpha value is -2.48. The van der Waals surface area contributed by atoms with E-state index in [1.54, 1.807) is 18.4 Å². The molecule has 1 atom stereocenters. The first kappa shape index (κ1) is 20.4. The van der Waals surface area contributed by atoms with Crippen LogP contribution in [0.3, 0.4) is 0 Å². The Morgan fingerprint density at radius 3 is 2.58 bits per heavy atom. The van der Waals surface area contributed by atoms with E-state index in [2.05, 4.69) is 0 Å². The highest BCUT2D eigenvalue weighted by Crippen LogP contribution is 2.45. The van der Waals surface area contributed by atoms with Crippen LogP contribution in [0.2, 0.25) is 5.02 Å². The molecule has 1 fully saturated rings. The lowest BCUT2D eigenvalue weighted by atomic mass is 9.91.